The van der Waals surface area contributed by atoms with Gasteiger partial charge in [-0.15, -0.1) is 0 Å². The van der Waals surface area contributed by atoms with Crippen molar-refractivity contribution in [3.63, 3.8) is 0 Å². The molecule has 0 amide bonds. The van der Waals surface area contributed by atoms with Crippen LogP contribution in [0.15, 0.2) is 71.6 Å². The monoisotopic (exact) mass is 427 g/mol. The molecule has 4 rings (SSSR count). The number of aryl methyl sites for hydroxylation is 3. The first-order valence-electron chi connectivity index (χ1n) is 9.31. The van der Waals surface area contributed by atoms with Crippen LogP contribution in [0, 0.1) is 11.6 Å². The van der Waals surface area contributed by atoms with Crippen LogP contribution in [0.1, 0.15) is 11.4 Å². The quantitative estimate of drug-likeness (QED) is 0.495. The van der Waals surface area contributed by atoms with Crippen molar-refractivity contribution in [2.45, 2.75) is 17.7 Å². The molecule has 0 fully saturated rings. The van der Waals surface area contributed by atoms with Crippen LogP contribution < -0.4 is 4.72 Å². The van der Waals surface area contributed by atoms with Crippen LogP contribution in [0.25, 0.3) is 11.0 Å². The molecule has 8 heteroatoms. The molecule has 1 aromatic heterocycles. The van der Waals surface area contributed by atoms with Crippen molar-refractivity contribution in [3.8, 4) is 0 Å². The second-order valence-corrected chi connectivity index (χ2v) is 8.64. The molecule has 0 atom stereocenters. The highest BCUT2D eigenvalue weighted by molar-refractivity contribution is 7.92. The number of para-hydroxylation sites is 2. The van der Waals surface area contributed by atoms with Crippen LogP contribution >= 0.6 is 0 Å². The van der Waals surface area contributed by atoms with E-state index >= 15 is 0 Å². The van der Waals surface area contributed by atoms with E-state index in [2.05, 4.69) is 9.71 Å². The maximum atomic E-state index is 13.4. The van der Waals surface area contributed by atoms with Crippen molar-refractivity contribution < 1.29 is 17.2 Å². The first-order chi connectivity index (χ1) is 14.3. The highest BCUT2D eigenvalue weighted by Gasteiger charge is 2.17. The van der Waals surface area contributed by atoms with E-state index in [4.69, 9.17) is 0 Å². The topological polar surface area (TPSA) is 64.0 Å². The van der Waals surface area contributed by atoms with E-state index in [0.717, 1.165) is 34.6 Å². The summed E-state index contributed by atoms with van der Waals surface area (Å²) in [6.07, 6.45) is 1.35. The van der Waals surface area contributed by atoms with E-state index in [0.29, 0.717) is 24.6 Å². The smallest absolute Gasteiger partial charge is 0.261 e. The minimum absolute atomic E-state index is 0.341. The molecule has 0 aliphatic rings. The lowest BCUT2D eigenvalue weighted by Gasteiger charge is -2.10. The van der Waals surface area contributed by atoms with E-state index < -0.39 is 21.7 Å². The third-order valence-electron chi connectivity index (χ3n) is 4.90. The molecule has 0 bridgehead atoms. The van der Waals surface area contributed by atoms with Gasteiger partial charge in [0.25, 0.3) is 10.0 Å². The average Bonchev–Trinajstić information content (AvgIpc) is 3.04. The van der Waals surface area contributed by atoms with Crippen LogP contribution in [0.3, 0.4) is 0 Å². The summed E-state index contributed by atoms with van der Waals surface area (Å²) in [6, 6.07) is 17.3. The van der Waals surface area contributed by atoms with Crippen LogP contribution in [0.4, 0.5) is 14.5 Å². The summed E-state index contributed by atoms with van der Waals surface area (Å²) in [5.41, 5.74) is 3.26. The molecule has 0 aliphatic heterocycles. The van der Waals surface area contributed by atoms with Crippen LogP contribution in [0.5, 0.6) is 0 Å². The van der Waals surface area contributed by atoms with Crippen molar-refractivity contribution in [2.75, 3.05) is 4.72 Å². The molecule has 4 aromatic rings. The first-order valence-corrected chi connectivity index (χ1v) is 10.8. The summed E-state index contributed by atoms with van der Waals surface area (Å²) < 4.78 is 55.9. The van der Waals surface area contributed by atoms with Crippen molar-refractivity contribution >= 4 is 26.7 Å². The lowest BCUT2D eigenvalue weighted by molar-refractivity contribution is 0.504. The van der Waals surface area contributed by atoms with E-state index in [9.17, 15) is 17.2 Å². The van der Waals surface area contributed by atoms with Gasteiger partial charge < -0.3 is 4.57 Å². The average molecular weight is 427 g/mol. The zero-order valence-corrected chi connectivity index (χ0v) is 17.0. The van der Waals surface area contributed by atoms with Gasteiger partial charge >= 0.3 is 0 Å². The third kappa shape index (κ3) is 4.04. The maximum absolute atomic E-state index is 13.4. The number of halogens is 2. The predicted octanol–water partition coefficient (Wildman–Crippen LogP) is 4.44. The number of benzene rings is 3. The number of anilines is 1. The Morgan fingerprint density at radius 3 is 2.50 bits per heavy atom. The first kappa shape index (κ1) is 20.0. The number of hydrogen-bond acceptors (Lipinski definition) is 3. The van der Waals surface area contributed by atoms with Gasteiger partial charge in [-0.05, 0) is 54.4 Å². The molecule has 1 N–H and O–H groups in total. The van der Waals surface area contributed by atoms with E-state index in [1.54, 1.807) is 18.2 Å². The maximum Gasteiger partial charge on any atom is 0.261 e. The minimum Gasteiger partial charge on any atom is -0.331 e. The molecule has 0 saturated carbocycles. The number of aromatic nitrogens is 2. The number of nitrogens with zero attached hydrogens (tertiary/aromatic N) is 2. The zero-order chi connectivity index (χ0) is 21.3. The fourth-order valence-corrected chi connectivity index (χ4v) is 4.38. The van der Waals surface area contributed by atoms with E-state index in [1.807, 2.05) is 41.9 Å². The third-order valence-corrected chi connectivity index (χ3v) is 6.28. The Bertz CT molecular complexity index is 1330. The number of fused-ring (bicyclic) bond motifs is 1. The van der Waals surface area contributed by atoms with Crippen LogP contribution in [0.2, 0.25) is 0 Å². The molecule has 154 valence electrons. The molecular formula is C22H19F2N3O2S. The van der Waals surface area contributed by atoms with Gasteiger partial charge in [-0.25, -0.2) is 22.2 Å². The Kier molecular flexibility index (Phi) is 5.26. The van der Waals surface area contributed by atoms with Gasteiger partial charge in [-0.1, -0.05) is 24.3 Å². The Balaban J connectivity index is 1.51. The summed E-state index contributed by atoms with van der Waals surface area (Å²) in [4.78, 5) is 4.31. The van der Waals surface area contributed by atoms with Crippen LogP contribution in [-0.4, -0.2) is 18.0 Å². The molecule has 30 heavy (non-hydrogen) atoms. The summed E-state index contributed by atoms with van der Waals surface area (Å²) in [5, 5.41) is 0. The number of hydrogen-bond donors (Lipinski definition) is 1. The summed E-state index contributed by atoms with van der Waals surface area (Å²) >= 11 is 0. The minimum atomic E-state index is -4.03. The zero-order valence-electron chi connectivity index (χ0n) is 16.1. The molecule has 0 unspecified atom stereocenters. The molecule has 0 spiro atoms. The van der Waals surface area contributed by atoms with Crippen LogP contribution in [-0.2, 0) is 29.9 Å². The molecule has 5 nitrogen and oxygen atoms in total. The fraction of sp³-hybridized carbons (Fsp3) is 0.136. The van der Waals surface area contributed by atoms with Gasteiger partial charge in [0.1, 0.15) is 5.82 Å². The normalized spacial score (nSPS) is 11.7. The molecule has 0 saturated heterocycles. The van der Waals surface area contributed by atoms with Gasteiger partial charge in [-0.3, -0.25) is 4.72 Å². The predicted molar refractivity (Wildman–Crippen MR) is 112 cm³/mol. The number of nitrogens with one attached hydrogen (secondary N) is 1. The molecule has 0 radical (unpaired) electrons. The molecule has 3 aromatic carbocycles. The SMILES string of the molecule is Cn1c(CCc2cccc(NS(=O)(=O)c3ccc(F)c(F)c3)c2)nc2ccccc21. The Morgan fingerprint density at radius 2 is 1.73 bits per heavy atom. The molecule has 1 heterocycles. The Morgan fingerprint density at radius 1 is 0.933 bits per heavy atom. The highest BCUT2D eigenvalue weighted by Crippen LogP contribution is 2.21. The van der Waals surface area contributed by atoms with Gasteiger partial charge in [0.2, 0.25) is 0 Å². The second kappa shape index (κ2) is 7.87. The largest absolute Gasteiger partial charge is 0.331 e. The standard InChI is InChI=1S/C22H19F2N3O2S/c1-27-21-8-3-2-7-20(21)25-22(27)12-9-15-5-4-6-16(13-15)26-30(28,29)17-10-11-18(23)19(24)14-17/h2-8,10-11,13-14,26H,9,12H2,1H3. The Hall–Kier alpha value is -3.26. The second-order valence-electron chi connectivity index (χ2n) is 6.96. The number of imidazole rings is 1. The number of sulfonamides is 1. The molecule has 0 aliphatic carbocycles. The van der Waals surface area contributed by atoms with Crippen molar-refractivity contribution in [2.24, 2.45) is 7.05 Å². The van der Waals surface area contributed by atoms with E-state index in [1.165, 1.54) is 0 Å². The van der Waals surface area contributed by atoms with E-state index in [-0.39, 0.29) is 4.90 Å². The van der Waals surface area contributed by atoms with Gasteiger partial charge in [0, 0.05) is 19.2 Å². The summed E-state index contributed by atoms with van der Waals surface area (Å²) in [7, 11) is -2.06. The van der Waals surface area contributed by atoms with Gasteiger partial charge in [0.05, 0.1) is 15.9 Å². The van der Waals surface area contributed by atoms with Gasteiger partial charge in [-0.2, -0.15) is 0 Å². The molecular weight excluding hydrogens is 408 g/mol. The Labute approximate surface area is 173 Å². The van der Waals surface area contributed by atoms with Crippen molar-refractivity contribution in [3.05, 3.63) is 89.8 Å². The summed E-state index contributed by atoms with van der Waals surface area (Å²) in [6.45, 7) is 0. The summed E-state index contributed by atoms with van der Waals surface area (Å²) in [5.74, 6) is -1.38. The highest BCUT2D eigenvalue weighted by atomic mass is 32.2. The lowest BCUT2D eigenvalue weighted by Crippen LogP contribution is -2.13. The number of rotatable bonds is 6. The lowest BCUT2D eigenvalue weighted by atomic mass is 10.1. The van der Waals surface area contributed by atoms with Crippen molar-refractivity contribution in [1.29, 1.82) is 0 Å². The fourth-order valence-electron chi connectivity index (χ4n) is 3.32. The van der Waals surface area contributed by atoms with Gasteiger partial charge in [0.15, 0.2) is 11.6 Å². The van der Waals surface area contributed by atoms with Crippen molar-refractivity contribution in [1.82, 2.24) is 9.55 Å².